The molecular weight excluding hydrogens is 420 g/mol. The van der Waals surface area contributed by atoms with E-state index in [1.54, 1.807) is 6.20 Å². The van der Waals surface area contributed by atoms with Crippen LogP contribution in [0.3, 0.4) is 0 Å². The third-order valence-electron chi connectivity index (χ3n) is 6.89. The zero-order chi connectivity index (χ0) is 23.2. The first-order valence-electron chi connectivity index (χ1n) is 12.3. The number of hydrogen-bond acceptors (Lipinski definition) is 3. The van der Waals surface area contributed by atoms with Crippen molar-refractivity contribution in [1.29, 1.82) is 0 Å². The van der Waals surface area contributed by atoms with Gasteiger partial charge < -0.3 is 15.3 Å². The average molecular weight is 453 g/mol. The monoisotopic (exact) mass is 452 g/mol. The zero-order valence-electron chi connectivity index (χ0n) is 19.5. The number of aromatic nitrogens is 1. The van der Waals surface area contributed by atoms with E-state index in [-0.39, 0.29) is 12.0 Å². The molecule has 0 radical (unpaired) electrons. The van der Waals surface area contributed by atoms with Gasteiger partial charge in [0.15, 0.2) is 11.9 Å². The SMILES string of the molecule is [O-][n+]1cc(C2CCNCC2OCc2ccc3ccccc3c2)ccc1CCCc1ccccc1. The Balaban J connectivity index is 1.22. The van der Waals surface area contributed by atoms with Crippen molar-refractivity contribution in [2.24, 2.45) is 0 Å². The summed E-state index contributed by atoms with van der Waals surface area (Å²) in [6.45, 7) is 2.32. The third-order valence-corrected chi connectivity index (χ3v) is 6.89. The summed E-state index contributed by atoms with van der Waals surface area (Å²) in [7, 11) is 0. The van der Waals surface area contributed by atoms with Crippen LogP contribution in [-0.2, 0) is 24.2 Å². The maximum absolute atomic E-state index is 12.8. The lowest BCUT2D eigenvalue weighted by Gasteiger charge is -2.32. The predicted octanol–water partition coefficient (Wildman–Crippen LogP) is 5.31. The molecule has 0 bridgehead atoms. The molecule has 2 unspecified atom stereocenters. The molecule has 0 aliphatic carbocycles. The number of aryl methyl sites for hydroxylation is 2. The molecule has 2 atom stereocenters. The Morgan fingerprint density at radius 1 is 0.853 bits per heavy atom. The molecule has 0 spiro atoms. The van der Waals surface area contributed by atoms with Crippen LogP contribution >= 0.6 is 0 Å². The van der Waals surface area contributed by atoms with Crippen LogP contribution < -0.4 is 10.0 Å². The Labute approximate surface area is 201 Å². The van der Waals surface area contributed by atoms with E-state index in [4.69, 9.17) is 4.74 Å². The number of fused-ring (bicyclic) bond motifs is 1. The fraction of sp³-hybridized carbons (Fsp3) is 0.300. The first kappa shape index (κ1) is 22.6. The summed E-state index contributed by atoms with van der Waals surface area (Å²) in [5.41, 5.74) is 4.41. The summed E-state index contributed by atoms with van der Waals surface area (Å²) in [5, 5.41) is 18.7. The maximum atomic E-state index is 12.8. The molecule has 4 aromatic rings. The van der Waals surface area contributed by atoms with Crippen LogP contribution in [0.15, 0.2) is 91.1 Å². The molecule has 174 valence electrons. The molecule has 1 N–H and O–H groups in total. The van der Waals surface area contributed by atoms with Crippen LogP contribution in [0.5, 0.6) is 0 Å². The lowest BCUT2D eigenvalue weighted by molar-refractivity contribution is -0.614. The van der Waals surface area contributed by atoms with E-state index in [0.29, 0.717) is 6.61 Å². The smallest absolute Gasteiger partial charge is 0.192 e. The van der Waals surface area contributed by atoms with Crippen LogP contribution in [0.2, 0.25) is 0 Å². The summed E-state index contributed by atoms with van der Waals surface area (Å²) in [4.78, 5) is 0. The Hall–Kier alpha value is -3.21. The highest BCUT2D eigenvalue weighted by atomic mass is 16.5. The van der Waals surface area contributed by atoms with Gasteiger partial charge in [0.25, 0.3) is 0 Å². The number of benzene rings is 3. The fourth-order valence-electron chi connectivity index (χ4n) is 4.98. The second-order valence-corrected chi connectivity index (χ2v) is 9.25. The Morgan fingerprint density at radius 2 is 1.68 bits per heavy atom. The number of nitrogens with zero attached hydrogens (tertiary/aromatic N) is 1. The molecule has 1 aromatic heterocycles. The minimum atomic E-state index is 0.0455. The molecular formula is C30H32N2O2. The fourth-order valence-corrected chi connectivity index (χ4v) is 4.98. The number of pyridine rings is 1. The molecule has 4 heteroatoms. The highest BCUT2D eigenvalue weighted by Gasteiger charge is 2.29. The number of nitrogens with one attached hydrogen (secondary N) is 1. The summed E-state index contributed by atoms with van der Waals surface area (Å²) in [5.74, 6) is 0.222. The first-order chi connectivity index (χ1) is 16.8. The molecule has 1 aliphatic rings. The van der Waals surface area contributed by atoms with Crippen molar-refractivity contribution in [1.82, 2.24) is 5.32 Å². The molecule has 34 heavy (non-hydrogen) atoms. The molecule has 1 saturated heterocycles. The van der Waals surface area contributed by atoms with E-state index in [9.17, 15) is 5.21 Å². The van der Waals surface area contributed by atoms with E-state index < -0.39 is 0 Å². The molecule has 3 aromatic carbocycles. The lowest BCUT2D eigenvalue weighted by Crippen LogP contribution is -2.42. The summed E-state index contributed by atoms with van der Waals surface area (Å²) in [6.07, 6.45) is 5.53. The van der Waals surface area contributed by atoms with Gasteiger partial charge in [-0.15, -0.1) is 0 Å². The largest absolute Gasteiger partial charge is 0.618 e. The maximum Gasteiger partial charge on any atom is 0.192 e. The Bertz CT molecular complexity index is 1220. The minimum Gasteiger partial charge on any atom is -0.618 e. The zero-order valence-corrected chi connectivity index (χ0v) is 19.5. The van der Waals surface area contributed by atoms with E-state index in [1.165, 1.54) is 21.9 Å². The van der Waals surface area contributed by atoms with Crippen molar-refractivity contribution >= 4 is 10.8 Å². The van der Waals surface area contributed by atoms with Crippen molar-refractivity contribution in [2.45, 2.75) is 44.3 Å². The van der Waals surface area contributed by atoms with Crippen molar-refractivity contribution in [3.05, 3.63) is 119 Å². The quantitative estimate of drug-likeness (QED) is 0.291. The van der Waals surface area contributed by atoms with Gasteiger partial charge in [-0.3, -0.25) is 0 Å². The molecule has 1 fully saturated rings. The van der Waals surface area contributed by atoms with E-state index >= 15 is 0 Å². The Morgan fingerprint density at radius 3 is 2.53 bits per heavy atom. The van der Waals surface area contributed by atoms with Crippen LogP contribution in [0.4, 0.5) is 0 Å². The first-order valence-corrected chi connectivity index (χ1v) is 12.3. The number of hydrogen-bond donors (Lipinski definition) is 1. The second kappa shape index (κ2) is 10.8. The van der Waals surface area contributed by atoms with E-state index in [2.05, 4.69) is 78.1 Å². The highest BCUT2D eigenvalue weighted by Crippen LogP contribution is 2.28. The molecule has 2 heterocycles. The van der Waals surface area contributed by atoms with Gasteiger partial charge in [0, 0.05) is 30.5 Å². The van der Waals surface area contributed by atoms with Gasteiger partial charge in [0.2, 0.25) is 0 Å². The standard InChI is InChI=1S/C30H32N2O2/c33-32-21-27(15-16-28(32)12-6-9-23-7-2-1-3-8-23)29-17-18-31-20-30(29)34-22-24-13-14-25-10-4-5-11-26(25)19-24/h1-5,7-8,10-11,13-16,19,21,29-31H,6,9,12,17-18,20,22H2. The van der Waals surface area contributed by atoms with Gasteiger partial charge in [0.1, 0.15) is 0 Å². The van der Waals surface area contributed by atoms with Gasteiger partial charge in [-0.05, 0) is 59.8 Å². The molecule has 0 amide bonds. The van der Waals surface area contributed by atoms with E-state index in [1.807, 2.05) is 12.1 Å². The van der Waals surface area contributed by atoms with Gasteiger partial charge in [-0.2, -0.15) is 4.73 Å². The van der Waals surface area contributed by atoms with Gasteiger partial charge >= 0.3 is 0 Å². The second-order valence-electron chi connectivity index (χ2n) is 9.25. The number of rotatable bonds is 8. The summed E-state index contributed by atoms with van der Waals surface area (Å²) < 4.78 is 7.47. The van der Waals surface area contributed by atoms with Crippen molar-refractivity contribution in [2.75, 3.05) is 13.1 Å². The van der Waals surface area contributed by atoms with Crippen LogP contribution in [0.25, 0.3) is 10.8 Å². The molecule has 5 rings (SSSR count). The Kier molecular flexibility index (Phi) is 7.18. The molecule has 1 aliphatic heterocycles. The van der Waals surface area contributed by atoms with Gasteiger partial charge in [-0.1, -0.05) is 66.7 Å². The predicted molar refractivity (Wildman–Crippen MR) is 137 cm³/mol. The van der Waals surface area contributed by atoms with Crippen molar-refractivity contribution < 1.29 is 9.47 Å². The van der Waals surface area contributed by atoms with Gasteiger partial charge in [0.05, 0.1) is 12.7 Å². The van der Waals surface area contributed by atoms with Crippen LogP contribution in [0.1, 0.15) is 41.1 Å². The summed E-state index contributed by atoms with van der Waals surface area (Å²) in [6, 6.07) is 29.5. The van der Waals surface area contributed by atoms with Crippen molar-refractivity contribution in [3.63, 3.8) is 0 Å². The van der Waals surface area contributed by atoms with Gasteiger partial charge in [-0.25, -0.2) is 0 Å². The van der Waals surface area contributed by atoms with Crippen molar-refractivity contribution in [3.8, 4) is 0 Å². The van der Waals surface area contributed by atoms with Crippen LogP contribution in [-0.4, -0.2) is 19.2 Å². The van der Waals surface area contributed by atoms with Crippen LogP contribution in [0, 0.1) is 5.21 Å². The third kappa shape index (κ3) is 5.46. The molecule has 4 nitrogen and oxygen atoms in total. The number of piperidine rings is 1. The highest BCUT2D eigenvalue weighted by molar-refractivity contribution is 5.82. The molecule has 0 saturated carbocycles. The van der Waals surface area contributed by atoms with E-state index in [0.717, 1.165) is 54.8 Å². The minimum absolute atomic E-state index is 0.0455. The number of ether oxygens (including phenoxy) is 1. The normalized spacial score (nSPS) is 18.2. The summed E-state index contributed by atoms with van der Waals surface area (Å²) >= 11 is 0. The lowest BCUT2D eigenvalue weighted by atomic mass is 9.88. The average Bonchev–Trinajstić information content (AvgIpc) is 2.89. The topological polar surface area (TPSA) is 48.2 Å².